The zero-order valence-corrected chi connectivity index (χ0v) is 14.0. The van der Waals surface area contributed by atoms with Gasteiger partial charge >= 0.3 is 12.1 Å². The lowest BCUT2D eigenvalue weighted by atomic mass is 9.74. The van der Waals surface area contributed by atoms with E-state index in [0.717, 1.165) is 4.90 Å². The topological polar surface area (TPSA) is 83.9 Å². The molecule has 1 N–H and O–H groups in total. The predicted molar refractivity (Wildman–Crippen MR) is 88.7 cm³/mol. The summed E-state index contributed by atoms with van der Waals surface area (Å²) in [6.45, 7) is 8.59. The SMILES string of the molecule is C=CCC1(C(=O)O)Cc2ccccc2N(C(=O)OC(C)(C)C)C1=O. The largest absolute Gasteiger partial charge is 0.480 e. The lowest BCUT2D eigenvalue weighted by Crippen LogP contribution is -2.56. The molecule has 1 aromatic carbocycles. The molecule has 0 fully saturated rings. The van der Waals surface area contributed by atoms with Gasteiger partial charge in [0.25, 0.3) is 5.91 Å². The highest BCUT2D eigenvalue weighted by Crippen LogP contribution is 2.41. The van der Waals surface area contributed by atoms with Crippen LogP contribution in [-0.4, -0.2) is 28.7 Å². The van der Waals surface area contributed by atoms with Crippen molar-refractivity contribution < 1.29 is 24.2 Å². The fourth-order valence-corrected chi connectivity index (χ4v) is 2.75. The second-order valence-corrected chi connectivity index (χ2v) is 6.81. The van der Waals surface area contributed by atoms with Crippen LogP contribution >= 0.6 is 0 Å². The van der Waals surface area contributed by atoms with Gasteiger partial charge in [-0.2, -0.15) is 0 Å². The molecule has 0 aromatic heterocycles. The van der Waals surface area contributed by atoms with Crippen molar-refractivity contribution >= 4 is 23.7 Å². The van der Waals surface area contributed by atoms with Gasteiger partial charge in [-0.15, -0.1) is 6.58 Å². The second-order valence-electron chi connectivity index (χ2n) is 6.81. The van der Waals surface area contributed by atoms with E-state index in [2.05, 4.69) is 6.58 Å². The van der Waals surface area contributed by atoms with Gasteiger partial charge in [0, 0.05) is 0 Å². The molecular formula is C18H21NO5. The maximum Gasteiger partial charge on any atom is 0.421 e. The van der Waals surface area contributed by atoms with Crippen LogP contribution in [0.4, 0.5) is 10.5 Å². The minimum atomic E-state index is -1.76. The molecule has 6 heteroatoms. The van der Waals surface area contributed by atoms with Crippen molar-refractivity contribution in [1.29, 1.82) is 0 Å². The fourth-order valence-electron chi connectivity index (χ4n) is 2.75. The average molecular weight is 331 g/mol. The number of carbonyl (C=O) groups is 3. The molecule has 1 aromatic rings. The van der Waals surface area contributed by atoms with Gasteiger partial charge < -0.3 is 9.84 Å². The molecule has 1 aliphatic heterocycles. The highest BCUT2D eigenvalue weighted by atomic mass is 16.6. The van der Waals surface area contributed by atoms with E-state index in [-0.39, 0.29) is 12.8 Å². The Morgan fingerprint density at radius 3 is 2.54 bits per heavy atom. The van der Waals surface area contributed by atoms with Gasteiger partial charge in [-0.1, -0.05) is 24.3 Å². The summed E-state index contributed by atoms with van der Waals surface area (Å²) in [7, 11) is 0. The van der Waals surface area contributed by atoms with Gasteiger partial charge in [0.2, 0.25) is 0 Å². The Bertz CT molecular complexity index is 704. The smallest absolute Gasteiger partial charge is 0.421 e. The first-order valence-electron chi connectivity index (χ1n) is 7.62. The Labute approximate surface area is 140 Å². The Kier molecular flexibility index (Phi) is 4.51. The number of hydrogen-bond acceptors (Lipinski definition) is 4. The number of allylic oxidation sites excluding steroid dienone is 1. The first-order valence-corrected chi connectivity index (χ1v) is 7.62. The lowest BCUT2D eigenvalue weighted by Gasteiger charge is -2.38. The second kappa shape index (κ2) is 6.11. The van der Waals surface area contributed by atoms with Crippen molar-refractivity contribution in [3.05, 3.63) is 42.5 Å². The lowest BCUT2D eigenvalue weighted by molar-refractivity contribution is -0.155. The van der Waals surface area contributed by atoms with Crippen LogP contribution in [0.5, 0.6) is 0 Å². The molecule has 1 heterocycles. The van der Waals surface area contributed by atoms with Crippen LogP contribution < -0.4 is 4.90 Å². The van der Waals surface area contributed by atoms with Gasteiger partial charge in [-0.05, 0) is 45.2 Å². The predicted octanol–water partition coefficient (Wildman–Crippen LogP) is 3.16. The van der Waals surface area contributed by atoms with E-state index in [1.807, 2.05) is 0 Å². The fraction of sp³-hybridized carbons (Fsp3) is 0.389. The number of rotatable bonds is 3. The zero-order valence-electron chi connectivity index (χ0n) is 14.0. The highest BCUT2D eigenvalue weighted by molar-refractivity contribution is 6.22. The number of hydrogen-bond donors (Lipinski definition) is 1. The third-order valence-corrected chi connectivity index (χ3v) is 3.82. The Morgan fingerprint density at radius 2 is 2.00 bits per heavy atom. The van der Waals surface area contributed by atoms with Crippen molar-refractivity contribution in [2.24, 2.45) is 5.41 Å². The maximum atomic E-state index is 13.0. The monoisotopic (exact) mass is 331 g/mol. The van der Waals surface area contributed by atoms with E-state index >= 15 is 0 Å². The molecule has 0 saturated carbocycles. The molecule has 0 spiro atoms. The van der Waals surface area contributed by atoms with E-state index in [1.165, 1.54) is 6.08 Å². The van der Waals surface area contributed by atoms with Crippen LogP contribution in [0.25, 0.3) is 0 Å². The maximum absolute atomic E-state index is 13.0. The summed E-state index contributed by atoms with van der Waals surface area (Å²) in [5.74, 6) is -2.08. The first kappa shape index (κ1) is 17.7. The summed E-state index contributed by atoms with van der Waals surface area (Å²) in [6, 6.07) is 6.74. The minimum Gasteiger partial charge on any atom is -0.480 e. The number of carboxylic acids is 1. The molecule has 0 saturated heterocycles. The van der Waals surface area contributed by atoms with Gasteiger partial charge in [0.1, 0.15) is 5.60 Å². The molecule has 2 amide bonds. The third kappa shape index (κ3) is 3.04. The Hall–Kier alpha value is -2.63. The number of anilines is 1. The molecule has 0 radical (unpaired) electrons. The number of para-hydroxylation sites is 1. The molecule has 128 valence electrons. The summed E-state index contributed by atoms with van der Waals surface area (Å²) in [5.41, 5.74) is -1.61. The molecule has 2 rings (SSSR count). The standard InChI is InChI=1S/C18H21NO5/c1-5-10-18(15(21)22)11-12-8-6-7-9-13(12)19(14(18)20)16(23)24-17(2,3)4/h5-9H,1,10-11H2,2-4H3,(H,21,22). The molecular weight excluding hydrogens is 310 g/mol. The van der Waals surface area contributed by atoms with E-state index in [9.17, 15) is 19.5 Å². The number of imide groups is 1. The van der Waals surface area contributed by atoms with Crippen LogP contribution in [0, 0.1) is 5.41 Å². The Balaban J connectivity index is 2.59. The number of carbonyl (C=O) groups excluding carboxylic acids is 2. The van der Waals surface area contributed by atoms with Gasteiger partial charge in [-0.3, -0.25) is 9.59 Å². The first-order chi connectivity index (χ1) is 11.1. The van der Waals surface area contributed by atoms with Crippen molar-refractivity contribution in [3.63, 3.8) is 0 Å². The molecule has 1 aliphatic rings. The summed E-state index contributed by atoms with van der Waals surface area (Å²) in [6.07, 6.45) is 0.430. The minimum absolute atomic E-state index is 0.00264. The van der Waals surface area contributed by atoms with Crippen LogP contribution in [-0.2, 0) is 20.7 Å². The van der Waals surface area contributed by atoms with Crippen molar-refractivity contribution in [3.8, 4) is 0 Å². The quantitative estimate of drug-likeness (QED) is 0.679. The number of ether oxygens (including phenoxy) is 1. The van der Waals surface area contributed by atoms with E-state index < -0.39 is 29.0 Å². The number of nitrogens with zero attached hydrogens (tertiary/aromatic N) is 1. The van der Waals surface area contributed by atoms with Crippen LogP contribution in [0.3, 0.4) is 0 Å². The molecule has 6 nitrogen and oxygen atoms in total. The number of carboxylic acid groups (broad SMARTS) is 1. The molecule has 24 heavy (non-hydrogen) atoms. The van der Waals surface area contributed by atoms with Crippen LogP contribution in [0.15, 0.2) is 36.9 Å². The van der Waals surface area contributed by atoms with Gasteiger partial charge in [-0.25, -0.2) is 9.69 Å². The van der Waals surface area contributed by atoms with Gasteiger partial charge in [0.05, 0.1) is 5.69 Å². The average Bonchev–Trinajstić information content (AvgIpc) is 2.46. The normalized spacial score (nSPS) is 20.3. The number of amides is 2. The highest BCUT2D eigenvalue weighted by Gasteiger charge is 2.53. The molecule has 0 aliphatic carbocycles. The summed E-state index contributed by atoms with van der Waals surface area (Å²) in [4.78, 5) is 38.3. The summed E-state index contributed by atoms with van der Waals surface area (Å²) in [5, 5.41) is 9.70. The van der Waals surface area contributed by atoms with Crippen molar-refractivity contribution in [2.45, 2.75) is 39.2 Å². The van der Waals surface area contributed by atoms with E-state index in [0.29, 0.717) is 11.3 Å². The molecule has 1 atom stereocenters. The molecule has 0 bridgehead atoms. The van der Waals surface area contributed by atoms with E-state index in [1.54, 1.807) is 45.0 Å². The van der Waals surface area contributed by atoms with Gasteiger partial charge in [0.15, 0.2) is 5.41 Å². The van der Waals surface area contributed by atoms with Crippen molar-refractivity contribution in [2.75, 3.05) is 4.90 Å². The number of aliphatic carboxylic acids is 1. The van der Waals surface area contributed by atoms with Crippen LogP contribution in [0.2, 0.25) is 0 Å². The summed E-state index contributed by atoms with van der Waals surface area (Å²) < 4.78 is 5.30. The molecule has 1 unspecified atom stereocenters. The van der Waals surface area contributed by atoms with E-state index in [4.69, 9.17) is 4.74 Å². The van der Waals surface area contributed by atoms with Crippen molar-refractivity contribution in [1.82, 2.24) is 0 Å². The number of fused-ring (bicyclic) bond motifs is 1. The summed E-state index contributed by atoms with van der Waals surface area (Å²) >= 11 is 0. The van der Waals surface area contributed by atoms with Crippen LogP contribution in [0.1, 0.15) is 32.8 Å². The zero-order chi connectivity index (χ0) is 18.1. The Morgan fingerprint density at radius 1 is 1.38 bits per heavy atom. The number of benzene rings is 1. The third-order valence-electron chi connectivity index (χ3n) is 3.82.